The van der Waals surface area contributed by atoms with E-state index in [0.717, 1.165) is 5.56 Å². The fraction of sp³-hybridized carbons (Fsp3) is 0.429. The van der Waals surface area contributed by atoms with Gasteiger partial charge in [0.15, 0.2) is 0 Å². The molecule has 1 aromatic carbocycles. The zero-order valence-electron chi connectivity index (χ0n) is 11.8. The van der Waals surface area contributed by atoms with Gasteiger partial charge in [0.25, 0.3) is 0 Å². The van der Waals surface area contributed by atoms with E-state index in [1.807, 2.05) is 30.3 Å². The molecule has 0 fully saturated rings. The first-order valence-corrected chi connectivity index (χ1v) is 6.29. The third-order valence-corrected chi connectivity index (χ3v) is 2.52. The van der Waals surface area contributed by atoms with Gasteiger partial charge in [-0.3, -0.25) is 9.59 Å². The van der Waals surface area contributed by atoms with Gasteiger partial charge in [0.2, 0.25) is 5.91 Å². The zero-order valence-corrected chi connectivity index (χ0v) is 12.6. The lowest BCUT2D eigenvalue weighted by molar-refractivity contribution is -0.149. The fourth-order valence-corrected chi connectivity index (χ4v) is 1.66. The maximum Gasteiger partial charge on any atom is 0.325 e. The Kier molecular flexibility index (Phi) is 9.41. The van der Waals surface area contributed by atoms with Crippen LogP contribution < -0.4 is 5.32 Å². The number of hydrogen-bond donors (Lipinski definition) is 1. The van der Waals surface area contributed by atoms with E-state index in [9.17, 15) is 9.59 Å². The van der Waals surface area contributed by atoms with E-state index in [-0.39, 0.29) is 37.4 Å². The molecule has 1 N–H and O–H groups in total. The number of ether oxygens (including phenoxy) is 1. The molecule has 0 aromatic heterocycles. The lowest BCUT2D eigenvalue weighted by atomic mass is 10.2. The van der Waals surface area contributed by atoms with Crippen molar-refractivity contribution in [3.8, 4) is 0 Å². The van der Waals surface area contributed by atoms with Crippen LogP contribution in [0.4, 0.5) is 0 Å². The molecule has 1 amide bonds. The molecule has 112 valence electrons. The summed E-state index contributed by atoms with van der Waals surface area (Å²) in [6.07, 6.45) is 0. The lowest BCUT2D eigenvalue weighted by Crippen LogP contribution is -2.40. The monoisotopic (exact) mass is 300 g/mol. The Labute approximate surface area is 125 Å². The van der Waals surface area contributed by atoms with Crippen molar-refractivity contribution >= 4 is 24.3 Å². The lowest BCUT2D eigenvalue weighted by Gasteiger charge is -2.21. The first kappa shape index (κ1) is 18.4. The Morgan fingerprint density at radius 3 is 2.45 bits per heavy atom. The van der Waals surface area contributed by atoms with Crippen LogP contribution in [0.15, 0.2) is 30.3 Å². The highest BCUT2D eigenvalue weighted by Crippen LogP contribution is 2.05. The predicted octanol–water partition coefficient (Wildman–Crippen LogP) is 1.22. The summed E-state index contributed by atoms with van der Waals surface area (Å²) in [6.45, 7) is 2.64. The van der Waals surface area contributed by atoms with Crippen LogP contribution in [0.5, 0.6) is 0 Å². The molecule has 0 atom stereocenters. The largest absolute Gasteiger partial charge is 0.465 e. The number of likely N-dealkylation sites (N-methyl/N-ethyl adjacent to an activating group) is 1. The van der Waals surface area contributed by atoms with Gasteiger partial charge < -0.3 is 15.0 Å². The number of esters is 1. The summed E-state index contributed by atoms with van der Waals surface area (Å²) in [5.74, 6) is -0.512. The minimum atomic E-state index is -0.386. The molecular formula is C14H21ClN2O3. The quantitative estimate of drug-likeness (QED) is 0.769. The van der Waals surface area contributed by atoms with Gasteiger partial charge in [-0.05, 0) is 19.5 Å². The van der Waals surface area contributed by atoms with Crippen molar-refractivity contribution < 1.29 is 14.3 Å². The van der Waals surface area contributed by atoms with Gasteiger partial charge in [0, 0.05) is 6.54 Å². The fourth-order valence-electron chi connectivity index (χ4n) is 1.66. The number of benzene rings is 1. The average Bonchev–Trinajstić information content (AvgIpc) is 2.40. The minimum Gasteiger partial charge on any atom is -0.465 e. The SMILES string of the molecule is CCOC(=O)CN(Cc1ccccc1)C(=O)CNC.Cl. The Bertz CT molecular complexity index is 412. The van der Waals surface area contributed by atoms with E-state index in [4.69, 9.17) is 4.74 Å². The van der Waals surface area contributed by atoms with Gasteiger partial charge in [-0.2, -0.15) is 0 Å². The van der Waals surface area contributed by atoms with Crippen LogP contribution in [0, 0.1) is 0 Å². The molecule has 0 saturated carbocycles. The standard InChI is InChI=1S/C14H20N2O3.ClH/c1-3-19-14(18)11-16(13(17)9-15-2)10-12-7-5-4-6-8-12;/h4-8,15H,3,9-11H2,1-2H3;1H. The summed E-state index contributed by atoms with van der Waals surface area (Å²) in [5, 5.41) is 2.80. The van der Waals surface area contributed by atoms with Crippen LogP contribution >= 0.6 is 12.4 Å². The smallest absolute Gasteiger partial charge is 0.325 e. The van der Waals surface area contributed by atoms with Crippen LogP contribution in [0.25, 0.3) is 0 Å². The number of nitrogens with zero attached hydrogens (tertiary/aromatic N) is 1. The highest BCUT2D eigenvalue weighted by atomic mass is 35.5. The molecule has 0 bridgehead atoms. The van der Waals surface area contributed by atoms with Crippen molar-refractivity contribution in [1.82, 2.24) is 10.2 Å². The average molecular weight is 301 g/mol. The number of rotatable bonds is 7. The number of halogens is 1. The Morgan fingerprint density at radius 2 is 1.90 bits per heavy atom. The van der Waals surface area contributed by atoms with E-state index in [1.165, 1.54) is 4.90 Å². The van der Waals surface area contributed by atoms with Gasteiger partial charge in [-0.15, -0.1) is 12.4 Å². The van der Waals surface area contributed by atoms with Gasteiger partial charge >= 0.3 is 5.97 Å². The van der Waals surface area contributed by atoms with Crippen LogP contribution in [-0.4, -0.2) is 43.5 Å². The summed E-state index contributed by atoms with van der Waals surface area (Å²) >= 11 is 0. The van der Waals surface area contributed by atoms with Gasteiger partial charge in [0.1, 0.15) is 6.54 Å². The second-order valence-electron chi connectivity index (χ2n) is 4.07. The molecule has 20 heavy (non-hydrogen) atoms. The highest BCUT2D eigenvalue weighted by Gasteiger charge is 2.17. The number of carbonyl (C=O) groups excluding carboxylic acids is 2. The van der Waals surface area contributed by atoms with Crippen molar-refractivity contribution in [3.63, 3.8) is 0 Å². The molecule has 0 saturated heterocycles. The van der Waals surface area contributed by atoms with Crippen molar-refractivity contribution in [2.24, 2.45) is 0 Å². The second-order valence-corrected chi connectivity index (χ2v) is 4.07. The summed E-state index contributed by atoms with van der Waals surface area (Å²) in [4.78, 5) is 24.9. The maximum atomic E-state index is 11.9. The number of hydrogen-bond acceptors (Lipinski definition) is 4. The molecule has 0 heterocycles. The summed E-state index contributed by atoms with van der Waals surface area (Å²) in [5.41, 5.74) is 0.983. The molecule has 6 heteroatoms. The minimum absolute atomic E-state index is 0. The molecule has 0 spiro atoms. The van der Waals surface area contributed by atoms with E-state index in [1.54, 1.807) is 14.0 Å². The molecular weight excluding hydrogens is 280 g/mol. The third kappa shape index (κ3) is 6.54. The summed E-state index contributed by atoms with van der Waals surface area (Å²) in [6, 6.07) is 9.56. The highest BCUT2D eigenvalue weighted by molar-refractivity contribution is 5.85. The Balaban J connectivity index is 0.00000361. The van der Waals surface area contributed by atoms with Crippen molar-refractivity contribution in [2.45, 2.75) is 13.5 Å². The summed E-state index contributed by atoms with van der Waals surface area (Å²) < 4.78 is 4.89. The third-order valence-electron chi connectivity index (χ3n) is 2.52. The first-order valence-electron chi connectivity index (χ1n) is 6.29. The van der Waals surface area contributed by atoms with Gasteiger partial charge in [-0.1, -0.05) is 30.3 Å². The molecule has 5 nitrogen and oxygen atoms in total. The van der Waals surface area contributed by atoms with Crippen molar-refractivity contribution in [1.29, 1.82) is 0 Å². The molecule has 0 unspecified atom stereocenters. The van der Waals surface area contributed by atoms with E-state index < -0.39 is 0 Å². The first-order chi connectivity index (χ1) is 9.17. The van der Waals surface area contributed by atoms with Crippen LogP contribution in [0.2, 0.25) is 0 Å². The number of nitrogens with one attached hydrogen (secondary N) is 1. The molecule has 0 radical (unpaired) electrons. The number of amides is 1. The van der Waals surface area contributed by atoms with Crippen LogP contribution in [-0.2, 0) is 20.9 Å². The molecule has 1 rings (SSSR count). The molecule has 1 aromatic rings. The molecule has 0 aliphatic carbocycles. The Hall–Kier alpha value is -1.59. The van der Waals surface area contributed by atoms with Gasteiger partial charge in [0.05, 0.1) is 13.2 Å². The number of carbonyl (C=O) groups is 2. The molecule has 0 aliphatic heterocycles. The van der Waals surface area contributed by atoms with Crippen molar-refractivity contribution in [2.75, 3.05) is 26.7 Å². The molecule has 0 aliphatic rings. The topological polar surface area (TPSA) is 58.6 Å². The van der Waals surface area contributed by atoms with Gasteiger partial charge in [-0.25, -0.2) is 0 Å². The van der Waals surface area contributed by atoms with E-state index in [0.29, 0.717) is 13.2 Å². The zero-order chi connectivity index (χ0) is 14.1. The van der Waals surface area contributed by atoms with Crippen molar-refractivity contribution in [3.05, 3.63) is 35.9 Å². The Morgan fingerprint density at radius 1 is 1.25 bits per heavy atom. The maximum absolute atomic E-state index is 11.9. The van der Waals surface area contributed by atoms with E-state index >= 15 is 0 Å². The predicted molar refractivity (Wildman–Crippen MR) is 79.7 cm³/mol. The second kappa shape index (κ2) is 10.2. The van der Waals surface area contributed by atoms with Crippen LogP contribution in [0.1, 0.15) is 12.5 Å². The van der Waals surface area contributed by atoms with Crippen LogP contribution in [0.3, 0.4) is 0 Å². The summed E-state index contributed by atoms with van der Waals surface area (Å²) in [7, 11) is 1.70. The van der Waals surface area contributed by atoms with E-state index in [2.05, 4.69) is 5.32 Å². The normalized spacial score (nSPS) is 9.50.